The monoisotopic (exact) mass is 191 g/mol. The van der Waals surface area contributed by atoms with Crippen molar-refractivity contribution in [3.05, 3.63) is 23.7 Å². The normalized spacial score (nSPS) is 33.9. The molecule has 1 aromatic rings. The van der Waals surface area contributed by atoms with Gasteiger partial charge in [-0.05, 0) is 43.2 Å². The van der Waals surface area contributed by atoms with E-state index in [0.29, 0.717) is 5.41 Å². The Kier molecular flexibility index (Phi) is 1.48. The standard InChI is InChI=1S/C12H17NO/c1-11(5-6-11)12(2)10-9(3-7-13-12)4-8-14-10/h4,8,13H,3,5-7H2,1-2H3. The molecule has 1 aliphatic heterocycles. The van der Waals surface area contributed by atoms with Gasteiger partial charge in [-0.2, -0.15) is 0 Å². The Labute approximate surface area is 84.7 Å². The van der Waals surface area contributed by atoms with Gasteiger partial charge in [0.05, 0.1) is 11.8 Å². The lowest BCUT2D eigenvalue weighted by Crippen LogP contribution is -2.50. The van der Waals surface area contributed by atoms with Gasteiger partial charge in [0.1, 0.15) is 5.76 Å². The van der Waals surface area contributed by atoms with Crippen molar-refractivity contribution in [2.75, 3.05) is 6.54 Å². The summed E-state index contributed by atoms with van der Waals surface area (Å²) in [4.78, 5) is 0. The van der Waals surface area contributed by atoms with Gasteiger partial charge < -0.3 is 9.73 Å². The number of hydrogen-bond acceptors (Lipinski definition) is 2. The average Bonchev–Trinajstić information content (AvgIpc) is 2.76. The molecule has 0 amide bonds. The van der Waals surface area contributed by atoms with Gasteiger partial charge in [-0.25, -0.2) is 0 Å². The van der Waals surface area contributed by atoms with E-state index in [2.05, 4.69) is 25.2 Å². The second-order valence-corrected chi connectivity index (χ2v) is 5.14. The lowest BCUT2D eigenvalue weighted by atomic mass is 9.78. The van der Waals surface area contributed by atoms with Crippen LogP contribution in [0.15, 0.2) is 16.7 Å². The fourth-order valence-electron chi connectivity index (χ4n) is 2.67. The Morgan fingerprint density at radius 2 is 2.14 bits per heavy atom. The third kappa shape index (κ3) is 0.897. The summed E-state index contributed by atoms with van der Waals surface area (Å²) in [5, 5.41) is 3.65. The molecule has 76 valence electrons. The molecule has 1 aromatic heterocycles. The molecule has 1 fully saturated rings. The van der Waals surface area contributed by atoms with Crippen molar-refractivity contribution in [3.63, 3.8) is 0 Å². The van der Waals surface area contributed by atoms with Gasteiger partial charge in [-0.3, -0.25) is 0 Å². The van der Waals surface area contributed by atoms with Crippen molar-refractivity contribution < 1.29 is 4.42 Å². The number of hydrogen-bond donors (Lipinski definition) is 1. The van der Waals surface area contributed by atoms with E-state index in [9.17, 15) is 0 Å². The zero-order valence-corrected chi connectivity index (χ0v) is 8.89. The zero-order chi connectivity index (χ0) is 9.81. The smallest absolute Gasteiger partial charge is 0.127 e. The van der Waals surface area contributed by atoms with Crippen LogP contribution in [-0.4, -0.2) is 6.54 Å². The van der Waals surface area contributed by atoms with Gasteiger partial charge in [0, 0.05) is 6.54 Å². The first kappa shape index (κ1) is 8.54. The SMILES string of the molecule is CC1(C2(C)NCCc3ccoc32)CC1. The Bertz CT molecular complexity index is 364. The molecule has 2 heteroatoms. The summed E-state index contributed by atoms with van der Waals surface area (Å²) in [7, 11) is 0. The van der Waals surface area contributed by atoms with Gasteiger partial charge in [-0.1, -0.05) is 6.92 Å². The Morgan fingerprint density at radius 3 is 2.86 bits per heavy atom. The Hall–Kier alpha value is -0.760. The Balaban J connectivity index is 2.11. The summed E-state index contributed by atoms with van der Waals surface area (Å²) in [5.41, 5.74) is 1.89. The maximum absolute atomic E-state index is 5.68. The summed E-state index contributed by atoms with van der Waals surface area (Å²) in [6.45, 7) is 5.73. The molecule has 1 atom stereocenters. The molecule has 0 spiro atoms. The van der Waals surface area contributed by atoms with Crippen molar-refractivity contribution in [1.29, 1.82) is 0 Å². The Morgan fingerprint density at radius 1 is 1.36 bits per heavy atom. The molecule has 0 aromatic carbocycles. The average molecular weight is 191 g/mol. The summed E-state index contributed by atoms with van der Waals surface area (Å²) in [6, 6.07) is 2.13. The second-order valence-electron chi connectivity index (χ2n) is 5.14. The first-order chi connectivity index (χ1) is 6.66. The number of furan rings is 1. The first-order valence-electron chi connectivity index (χ1n) is 5.48. The van der Waals surface area contributed by atoms with E-state index in [-0.39, 0.29) is 5.54 Å². The molecular weight excluding hydrogens is 174 g/mol. The minimum atomic E-state index is 0.0735. The molecule has 0 bridgehead atoms. The van der Waals surface area contributed by atoms with Gasteiger partial charge >= 0.3 is 0 Å². The highest BCUT2D eigenvalue weighted by Gasteiger charge is 2.56. The van der Waals surface area contributed by atoms with Crippen LogP contribution in [0.3, 0.4) is 0 Å². The molecular formula is C12H17NO. The van der Waals surface area contributed by atoms with E-state index in [1.54, 1.807) is 0 Å². The molecule has 14 heavy (non-hydrogen) atoms. The van der Waals surface area contributed by atoms with Gasteiger partial charge in [-0.15, -0.1) is 0 Å². The first-order valence-corrected chi connectivity index (χ1v) is 5.48. The predicted octanol–water partition coefficient (Wildman–Crippen LogP) is 2.44. The minimum absolute atomic E-state index is 0.0735. The quantitative estimate of drug-likeness (QED) is 0.737. The van der Waals surface area contributed by atoms with Crippen LogP contribution < -0.4 is 5.32 Å². The fourth-order valence-corrected chi connectivity index (χ4v) is 2.67. The summed E-state index contributed by atoms with van der Waals surface area (Å²) in [6.07, 6.45) is 5.58. The van der Waals surface area contributed by atoms with Crippen LogP contribution in [0, 0.1) is 5.41 Å². The molecule has 2 aliphatic rings. The molecule has 1 aliphatic carbocycles. The van der Waals surface area contributed by atoms with E-state index in [4.69, 9.17) is 4.42 Å². The van der Waals surface area contributed by atoms with Crippen molar-refractivity contribution >= 4 is 0 Å². The van der Waals surface area contributed by atoms with E-state index in [1.165, 1.54) is 24.2 Å². The van der Waals surface area contributed by atoms with Crippen LogP contribution in [-0.2, 0) is 12.0 Å². The zero-order valence-electron chi connectivity index (χ0n) is 8.89. The lowest BCUT2D eigenvalue weighted by molar-refractivity contribution is 0.174. The molecule has 2 heterocycles. The molecule has 1 saturated carbocycles. The molecule has 0 radical (unpaired) electrons. The topological polar surface area (TPSA) is 25.2 Å². The van der Waals surface area contributed by atoms with Gasteiger partial charge in [0.2, 0.25) is 0 Å². The van der Waals surface area contributed by atoms with Crippen molar-refractivity contribution in [2.24, 2.45) is 5.41 Å². The van der Waals surface area contributed by atoms with E-state index in [1.807, 2.05) is 6.26 Å². The molecule has 3 rings (SSSR count). The number of fused-ring (bicyclic) bond motifs is 1. The molecule has 0 saturated heterocycles. The highest BCUT2D eigenvalue weighted by atomic mass is 16.3. The van der Waals surface area contributed by atoms with Crippen molar-refractivity contribution in [2.45, 2.75) is 38.6 Å². The second kappa shape index (κ2) is 2.43. The highest BCUT2D eigenvalue weighted by Crippen LogP contribution is 2.59. The predicted molar refractivity (Wildman–Crippen MR) is 55.1 cm³/mol. The lowest BCUT2D eigenvalue weighted by Gasteiger charge is -2.39. The van der Waals surface area contributed by atoms with Crippen LogP contribution >= 0.6 is 0 Å². The number of nitrogens with one attached hydrogen (secondary N) is 1. The molecule has 2 nitrogen and oxygen atoms in total. The third-order valence-electron chi connectivity index (χ3n) is 4.28. The summed E-state index contributed by atoms with van der Waals surface area (Å²) < 4.78 is 5.68. The van der Waals surface area contributed by atoms with Crippen LogP contribution in [0.1, 0.15) is 38.0 Å². The van der Waals surface area contributed by atoms with Crippen LogP contribution in [0.25, 0.3) is 0 Å². The molecule has 1 unspecified atom stereocenters. The van der Waals surface area contributed by atoms with Gasteiger partial charge in [0.25, 0.3) is 0 Å². The minimum Gasteiger partial charge on any atom is -0.467 e. The van der Waals surface area contributed by atoms with Crippen LogP contribution in [0.2, 0.25) is 0 Å². The van der Waals surface area contributed by atoms with E-state index in [0.717, 1.165) is 13.0 Å². The van der Waals surface area contributed by atoms with E-state index < -0.39 is 0 Å². The summed E-state index contributed by atoms with van der Waals surface area (Å²) >= 11 is 0. The van der Waals surface area contributed by atoms with Crippen LogP contribution in [0.4, 0.5) is 0 Å². The van der Waals surface area contributed by atoms with Crippen molar-refractivity contribution in [3.8, 4) is 0 Å². The van der Waals surface area contributed by atoms with Crippen LogP contribution in [0.5, 0.6) is 0 Å². The van der Waals surface area contributed by atoms with Crippen molar-refractivity contribution in [1.82, 2.24) is 5.32 Å². The fraction of sp³-hybridized carbons (Fsp3) is 0.667. The van der Waals surface area contributed by atoms with Gasteiger partial charge in [0.15, 0.2) is 0 Å². The summed E-state index contributed by atoms with van der Waals surface area (Å²) in [5.74, 6) is 1.18. The number of rotatable bonds is 1. The van der Waals surface area contributed by atoms with E-state index >= 15 is 0 Å². The third-order valence-corrected chi connectivity index (χ3v) is 4.28. The molecule has 1 N–H and O–H groups in total. The largest absolute Gasteiger partial charge is 0.467 e. The highest BCUT2D eigenvalue weighted by molar-refractivity contribution is 5.31. The maximum Gasteiger partial charge on any atom is 0.127 e. The maximum atomic E-state index is 5.68.